The van der Waals surface area contributed by atoms with Gasteiger partial charge in [-0.1, -0.05) is 13.8 Å². The van der Waals surface area contributed by atoms with E-state index in [2.05, 4.69) is 13.8 Å². The lowest BCUT2D eigenvalue weighted by molar-refractivity contribution is -0.0101. The van der Waals surface area contributed by atoms with Gasteiger partial charge in [0.05, 0.1) is 5.60 Å². The van der Waals surface area contributed by atoms with Gasteiger partial charge < -0.3 is 9.76 Å². The minimum absolute atomic E-state index is 0.289. The number of rotatable bonds is 5. The van der Waals surface area contributed by atoms with E-state index in [-0.39, 0.29) is 5.60 Å². The lowest BCUT2D eigenvalue weighted by Crippen LogP contribution is -2.36. The van der Waals surface area contributed by atoms with E-state index >= 15 is 0 Å². The lowest BCUT2D eigenvalue weighted by atomic mass is 9.81. The Morgan fingerprint density at radius 2 is 1.69 bits per heavy atom. The van der Waals surface area contributed by atoms with Crippen LogP contribution in [0.1, 0.15) is 48.0 Å². The zero-order valence-corrected chi connectivity index (χ0v) is 9.72. The van der Waals surface area contributed by atoms with Gasteiger partial charge in [0.25, 0.3) is 7.48 Å². The first-order valence-electron chi connectivity index (χ1n) is 4.86. The third-order valence-corrected chi connectivity index (χ3v) is 1.52. The van der Waals surface area contributed by atoms with E-state index in [0.29, 0.717) is 12.2 Å². The summed E-state index contributed by atoms with van der Waals surface area (Å²) >= 11 is 0. The normalized spacial score (nSPS) is 13.5. The number of hydrogen-bond donors (Lipinski definition) is 1. The molecule has 1 N–H and O–H groups in total. The summed E-state index contributed by atoms with van der Waals surface area (Å²) in [6.45, 7) is 11.7. The third kappa shape index (κ3) is 8.32. The van der Waals surface area contributed by atoms with Gasteiger partial charge in [-0.3, -0.25) is 0 Å². The number of aliphatic hydroxyl groups is 1. The van der Waals surface area contributed by atoms with Crippen molar-refractivity contribution in [3.8, 4) is 0 Å². The van der Waals surface area contributed by atoms with Crippen LogP contribution in [0.15, 0.2) is 0 Å². The summed E-state index contributed by atoms with van der Waals surface area (Å²) in [5.41, 5.74) is -0.961. The predicted octanol–water partition coefficient (Wildman–Crippen LogP) is 2.39. The van der Waals surface area contributed by atoms with Crippen molar-refractivity contribution in [3.05, 3.63) is 0 Å². The van der Waals surface area contributed by atoms with Crippen LogP contribution in [0.5, 0.6) is 0 Å². The Hall–Kier alpha value is -0.0151. The second-order valence-corrected chi connectivity index (χ2v) is 5.25. The highest BCUT2D eigenvalue weighted by Crippen LogP contribution is 2.23. The quantitative estimate of drug-likeness (QED) is 0.666. The first-order chi connectivity index (χ1) is 5.62. The molecule has 0 aromatic heterocycles. The molecule has 0 fully saturated rings. The molecule has 0 aliphatic heterocycles. The molecule has 0 spiro atoms. The van der Waals surface area contributed by atoms with E-state index in [0.717, 1.165) is 0 Å². The minimum atomic E-state index is -0.672. The molecule has 0 aromatic carbocycles. The van der Waals surface area contributed by atoms with Crippen LogP contribution in [0.25, 0.3) is 0 Å². The Morgan fingerprint density at radius 3 is 2.00 bits per heavy atom. The van der Waals surface area contributed by atoms with Gasteiger partial charge in [0.15, 0.2) is 0 Å². The van der Waals surface area contributed by atoms with Crippen LogP contribution >= 0.6 is 0 Å². The van der Waals surface area contributed by atoms with Crippen LogP contribution in [-0.4, -0.2) is 23.8 Å². The highest BCUT2D eigenvalue weighted by Gasteiger charge is 2.27. The van der Waals surface area contributed by atoms with Crippen molar-refractivity contribution >= 4 is 7.48 Å². The van der Waals surface area contributed by atoms with Crippen LogP contribution < -0.4 is 0 Å². The van der Waals surface area contributed by atoms with Crippen LogP contribution in [-0.2, 0) is 4.65 Å². The summed E-state index contributed by atoms with van der Waals surface area (Å²) in [5.74, 6) is 0.418. The molecular weight excluding hydrogens is 163 g/mol. The fraction of sp³-hybridized carbons (Fsp3) is 1.00. The molecule has 0 rings (SSSR count). The highest BCUT2D eigenvalue weighted by atomic mass is 16.5. The molecule has 0 aliphatic rings. The van der Waals surface area contributed by atoms with Crippen molar-refractivity contribution < 1.29 is 9.76 Å². The summed E-state index contributed by atoms with van der Waals surface area (Å²) in [6.07, 6.45) is 0.628. The summed E-state index contributed by atoms with van der Waals surface area (Å²) in [5, 5.41) is 9.62. The van der Waals surface area contributed by atoms with E-state index < -0.39 is 5.60 Å². The molecule has 0 amide bonds. The van der Waals surface area contributed by atoms with Gasteiger partial charge in [-0.2, -0.15) is 0 Å². The first kappa shape index (κ1) is 13.0. The lowest BCUT2D eigenvalue weighted by Gasteiger charge is -2.32. The largest absolute Gasteiger partial charge is 0.435 e. The maximum absolute atomic E-state index is 9.62. The molecule has 0 saturated carbocycles. The Morgan fingerprint density at radius 1 is 1.23 bits per heavy atom. The second-order valence-electron chi connectivity index (χ2n) is 5.25. The molecule has 77 valence electrons. The average molecular weight is 185 g/mol. The molecule has 3 heteroatoms. The zero-order chi connectivity index (χ0) is 10.7. The van der Waals surface area contributed by atoms with E-state index in [1.165, 1.54) is 0 Å². The van der Waals surface area contributed by atoms with E-state index in [4.69, 9.17) is 4.65 Å². The summed E-state index contributed by atoms with van der Waals surface area (Å²) in [7, 11) is 1.83. The molecule has 0 bridgehead atoms. The average Bonchev–Trinajstić information content (AvgIpc) is 1.78. The molecule has 0 saturated heterocycles. The Bertz CT molecular complexity index is 147. The van der Waals surface area contributed by atoms with Gasteiger partial charge in [0.2, 0.25) is 0 Å². The molecule has 0 atom stereocenters. The van der Waals surface area contributed by atoms with E-state index in [1.807, 2.05) is 21.3 Å². The maximum atomic E-state index is 9.62. The molecule has 2 nitrogen and oxygen atoms in total. The Balaban J connectivity index is 3.94. The molecule has 0 heterocycles. The third-order valence-electron chi connectivity index (χ3n) is 1.52. The van der Waals surface area contributed by atoms with E-state index in [9.17, 15) is 5.11 Å². The first-order valence-corrected chi connectivity index (χ1v) is 4.86. The molecule has 13 heavy (non-hydrogen) atoms. The Labute approximate surface area is 83.0 Å². The zero-order valence-electron chi connectivity index (χ0n) is 9.72. The van der Waals surface area contributed by atoms with Gasteiger partial charge in [-0.05, 0) is 33.5 Å². The fourth-order valence-electron chi connectivity index (χ4n) is 1.40. The van der Waals surface area contributed by atoms with Gasteiger partial charge in [0.1, 0.15) is 0 Å². The molecule has 1 radical (unpaired) electrons. The van der Waals surface area contributed by atoms with Crippen LogP contribution in [0, 0.1) is 0 Å². The topological polar surface area (TPSA) is 29.5 Å². The van der Waals surface area contributed by atoms with Crippen molar-refractivity contribution in [2.45, 2.75) is 65.0 Å². The van der Waals surface area contributed by atoms with Gasteiger partial charge in [-0.15, -0.1) is 0 Å². The summed E-state index contributed by atoms with van der Waals surface area (Å²) in [6, 6.07) is 0. The van der Waals surface area contributed by atoms with Gasteiger partial charge in [-0.25, -0.2) is 0 Å². The smallest absolute Gasteiger partial charge is 0.295 e. The molecule has 0 unspecified atom stereocenters. The Kier molecular flexibility index (Phi) is 4.47. The second kappa shape index (κ2) is 4.47. The fourth-order valence-corrected chi connectivity index (χ4v) is 1.40. The maximum Gasteiger partial charge on any atom is 0.295 e. The molecular formula is C10H22BO2. The monoisotopic (exact) mass is 185 g/mol. The van der Waals surface area contributed by atoms with Crippen molar-refractivity contribution in [1.82, 2.24) is 0 Å². The summed E-state index contributed by atoms with van der Waals surface area (Å²) < 4.78 is 5.58. The predicted molar refractivity (Wildman–Crippen MR) is 56.9 cm³/mol. The highest BCUT2D eigenvalue weighted by molar-refractivity contribution is 6.29. The minimum Gasteiger partial charge on any atom is -0.435 e. The van der Waals surface area contributed by atoms with E-state index in [1.54, 1.807) is 13.8 Å². The van der Waals surface area contributed by atoms with Crippen LogP contribution in [0.2, 0.25) is 5.82 Å². The van der Waals surface area contributed by atoms with Crippen molar-refractivity contribution in [2.75, 3.05) is 0 Å². The molecule has 0 aliphatic carbocycles. The van der Waals surface area contributed by atoms with Crippen molar-refractivity contribution in [1.29, 1.82) is 0 Å². The standard InChI is InChI=1S/C10H22BO2/c1-8(2)11-13-10(5,6)7-9(3,4)12/h8,12H,7H2,1-6H3. The summed E-state index contributed by atoms with van der Waals surface area (Å²) in [4.78, 5) is 0. The molecule has 0 aromatic rings. The van der Waals surface area contributed by atoms with Gasteiger partial charge in [0, 0.05) is 12.0 Å². The van der Waals surface area contributed by atoms with Gasteiger partial charge >= 0.3 is 0 Å². The SMILES string of the molecule is CC(C)[B]OC(C)(C)CC(C)(C)O. The van der Waals surface area contributed by atoms with Crippen LogP contribution in [0.3, 0.4) is 0 Å². The van der Waals surface area contributed by atoms with Crippen molar-refractivity contribution in [2.24, 2.45) is 0 Å². The number of hydrogen-bond acceptors (Lipinski definition) is 2. The van der Waals surface area contributed by atoms with Crippen molar-refractivity contribution in [3.63, 3.8) is 0 Å². The van der Waals surface area contributed by atoms with Crippen LogP contribution in [0.4, 0.5) is 0 Å².